The maximum absolute atomic E-state index is 10.7. The van der Waals surface area contributed by atoms with Crippen molar-refractivity contribution < 1.29 is 9.84 Å². The summed E-state index contributed by atoms with van der Waals surface area (Å²) in [5.41, 5.74) is 0. The Morgan fingerprint density at radius 1 is 0.950 bits per heavy atom. The van der Waals surface area contributed by atoms with Crippen molar-refractivity contribution in [1.29, 1.82) is 0 Å². The predicted molar refractivity (Wildman–Crippen MR) is 87.7 cm³/mol. The molecule has 2 rings (SSSR count). The molecular weight excluding hydrogens is 355 g/mol. The average Bonchev–Trinajstić information content (AvgIpc) is 3.13. The van der Waals surface area contributed by atoms with E-state index in [1.165, 1.54) is 51.8 Å². The van der Waals surface area contributed by atoms with Crippen LogP contribution in [-0.4, -0.2) is 39.3 Å². The Bertz CT molecular complexity index is 286. The normalized spacial score (nSPS) is 32.4. The topological polar surface area (TPSA) is 32.8 Å². The molecule has 1 N–H and O–H groups in total. The van der Waals surface area contributed by atoms with Crippen molar-refractivity contribution in [1.82, 2.24) is 0 Å². The molecule has 0 aromatic carbocycles. The molecule has 0 spiro atoms. The molecule has 1 aliphatic heterocycles. The van der Waals surface area contributed by atoms with E-state index in [0.29, 0.717) is 6.10 Å². The van der Waals surface area contributed by atoms with E-state index in [1.54, 1.807) is 0 Å². The minimum atomic E-state index is -2.41. The number of rotatable bonds is 10. The van der Waals surface area contributed by atoms with Crippen LogP contribution < -0.4 is 0 Å². The van der Waals surface area contributed by atoms with E-state index >= 15 is 0 Å². The van der Waals surface area contributed by atoms with Crippen molar-refractivity contribution in [3.63, 3.8) is 0 Å². The van der Waals surface area contributed by atoms with Crippen molar-refractivity contribution in [3.05, 3.63) is 0 Å². The number of aliphatic hydroxyl groups excluding tert-OH is 1. The zero-order chi connectivity index (χ0) is 14.6. The predicted octanol–water partition coefficient (Wildman–Crippen LogP) is 4.67. The molecule has 2 nitrogen and oxygen atoms in total. The summed E-state index contributed by atoms with van der Waals surface area (Å²) in [6.45, 7) is 6.93. The van der Waals surface area contributed by atoms with Crippen LogP contribution in [-0.2, 0) is 4.74 Å². The zero-order valence-corrected chi connectivity index (χ0v) is 16.6. The molecule has 0 bridgehead atoms. The number of unbranched alkanes of at least 4 members (excludes halogenated alkanes) is 3. The summed E-state index contributed by atoms with van der Waals surface area (Å²) in [4.78, 5) is 0. The van der Waals surface area contributed by atoms with Crippen LogP contribution in [0.15, 0.2) is 0 Å². The first-order chi connectivity index (χ1) is 9.66. The quantitative estimate of drug-likeness (QED) is 0.435. The van der Waals surface area contributed by atoms with Gasteiger partial charge in [0.05, 0.1) is 0 Å². The Hall–Kier alpha value is 0.719. The molecule has 0 aromatic rings. The third-order valence-corrected chi connectivity index (χ3v) is 24.0. The monoisotopic (exact) mass is 390 g/mol. The van der Waals surface area contributed by atoms with Crippen molar-refractivity contribution in [2.75, 3.05) is 0 Å². The molecule has 0 unspecified atom stereocenters. The number of aliphatic hydroxyl groups is 1. The van der Waals surface area contributed by atoms with E-state index in [9.17, 15) is 5.11 Å². The van der Waals surface area contributed by atoms with Crippen LogP contribution in [0.1, 0.15) is 72.1 Å². The maximum atomic E-state index is 10.7. The fraction of sp³-hybridized carbons (Fsp3) is 1.00. The second kappa shape index (κ2) is 7.32. The van der Waals surface area contributed by atoms with E-state index in [2.05, 4.69) is 20.8 Å². The molecule has 118 valence electrons. The molecular formula is C17H34O2Sn. The van der Waals surface area contributed by atoms with Crippen molar-refractivity contribution in [3.8, 4) is 0 Å². The van der Waals surface area contributed by atoms with Crippen molar-refractivity contribution in [2.24, 2.45) is 0 Å². The summed E-state index contributed by atoms with van der Waals surface area (Å²) in [6, 6.07) is 0. The summed E-state index contributed by atoms with van der Waals surface area (Å²) < 4.78 is 10.7. The molecule has 3 heteroatoms. The summed E-state index contributed by atoms with van der Waals surface area (Å²) in [6.07, 6.45) is 10.5. The van der Waals surface area contributed by atoms with Gasteiger partial charge in [-0.05, 0) is 0 Å². The van der Waals surface area contributed by atoms with Gasteiger partial charge in [-0.1, -0.05) is 0 Å². The summed E-state index contributed by atoms with van der Waals surface area (Å²) >= 11 is -2.41. The molecule has 0 amide bonds. The Morgan fingerprint density at radius 3 is 1.75 bits per heavy atom. The van der Waals surface area contributed by atoms with E-state index in [4.69, 9.17) is 4.74 Å². The summed E-state index contributed by atoms with van der Waals surface area (Å²) in [7, 11) is 0. The SMILES string of the molecule is CCC[CH2][Sn]([CH2]CCC)([CH2]CCC)[C@]12O[C@H]1CC[C@H]2O. The van der Waals surface area contributed by atoms with Crippen LogP contribution in [0.25, 0.3) is 0 Å². The summed E-state index contributed by atoms with van der Waals surface area (Å²) in [5.74, 6) is 0. The van der Waals surface area contributed by atoms with Crippen molar-refractivity contribution in [2.45, 2.75) is 101 Å². The molecule has 0 radical (unpaired) electrons. The fourth-order valence-electron chi connectivity index (χ4n) is 4.62. The van der Waals surface area contributed by atoms with Gasteiger partial charge in [-0.15, -0.1) is 0 Å². The van der Waals surface area contributed by atoms with Gasteiger partial charge in [-0.3, -0.25) is 0 Å². The number of fused-ring (bicyclic) bond motifs is 1. The zero-order valence-electron chi connectivity index (χ0n) is 13.8. The van der Waals surface area contributed by atoms with E-state index in [1.807, 2.05) is 0 Å². The molecule has 1 saturated carbocycles. The molecule has 1 saturated heterocycles. The van der Waals surface area contributed by atoms with Crippen molar-refractivity contribution >= 4 is 18.4 Å². The van der Waals surface area contributed by atoms with Gasteiger partial charge in [0.1, 0.15) is 0 Å². The van der Waals surface area contributed by atoms with Crippen LogP contribution in [0, 0.1) is 0 Å². The van der Waals surface area contributed by atoms with E-state index < -0.39 is 18.4 Å². The summed E-state index contributed by atoms with van der Waals surface area (Å²) in [5, 5.41) is 10.7. The number of hydrogen-bond donors (Lipinski definition) is 1. The van der Waals surface area contributed by atoms with Gasteiger partial charge < -0.3 is 0 Å². The van der Waals surface area contributed by atoms with Crippen LogP contribution in [0.5, 0.6) is 0 Å². The number of epoxide rings is 1. The van der Waals surface area contributed by atoms with Gasteiger partial charge in [0, 0.05) is 0 Å². The first-order valence-electron chi connectivity index (χ1n) is 9.02. The minimum absolute atomic E-state index is 0.0498. The standard InChI is InChI=1S/C5H7O2.3C4H9.Sn/c6-3-1-2-4-5(3)7-4;3*1-3-4-2;/h3-4,6H,1-2H2;3*1,3-4H2,2H3;/t3-,4+;;;;/m1..../s1. The first-order valence-corrected chi connectivity index (χ1v) is 16.5. The Kier molecular flexibility index (Phi) is 6.25. The van der Waals surface area contributed by atoms with Crippen LogP contribution in [0.2, 0.25) is 13.3 Å². The van der Waals surface area contributed by atoms with Gasteiger partial charge in [-0.25, -0.2) is 0 Å². The Balaban J connectivity index is 2.19. The van der Waals surface area contributed by atoms with Gasteiger partial charge in [0.2, 0.25) is 0 Å². The Morgan fingerprint density at radius 2 is 1.45 bits per heavy atom. The fourth-order valence-corrected chi connectivity index (χ4v) is 24.8. The van der Waals surface area contributed by atoms with Gasteiger partial charge in [-0.2, -0.15) is 0 Å². The number of ether oxygens (including phenoxy) is 1. The molecule has 1 heterocycles. The molecule has 0 aromatic heterocycles. The van der Waals surface area contributed by atoms with Gasteiger partial charge in [0.15, 0.2) is 0 Å². The van der Waals surface area contributed by atoms with Gasteiger partial charge >= 0.3 is 129 Å². The molecule has 2 fully saturated rings. The second-order valence-corrected chi connectivity index (χ2v) is 20.9. The third-order valence-electron chi connectivity index (χ3n) is 5.81. The van der Waals surface area contributed by atoms with E-state index in [0.717, 1.165) is 12.8 Å². The molecule has 1 aliphatic carbocycles. The average molecular weight is 389 g/mol. The molecule has 2 aliphatic rings. The van der Waals surface area contributed by atoms with Crippen LogP contribution in [0.3, 0.4) is 0 Å². The molecule has 20 heavy (non-hydrogen) atoms. The Labute approximate surface area is 129 Å². The van der Waals surface area contributed by atoms with Crippen LogP contribution in [0.4, 0.5) is 0 Å². The first kappa shape index (κ1) is 17.1. The van der Waals surface area contributed by atoms with Crippen LogP contribution >= 0.6 is 0 Å². The molecule has 3 atom stereocenters. The van der Waals surface area contributed by atoms with E-state index in [-0.39, 0.29) is 9.72 Å². The number of hydrogen-bond acceptors (Lipinski definition) is 2. The van der Waals surface area contributed by atoms with Gasteiger partial charge in [0.25, 0.3) is 0 Å². The third kappa shape index (κ3) is 2.94. The second-order valence-electron chi connectivity index (χ2n) is 7.08.